The van der Waals surface area contributed by atoms with E-state index >= 15 is 0 Å². The number of hydrogen-bond donors (Lipinski definition) is 2. The molecule has 1 rings (SSSR count). The first kappa shape index (κ1) is 6.37. The Morgan fingerprint density at radius 1 is 1.89 bits per heavy atom. The maximum Gasteiger partial charge on any atom is 0.225 e. The van der Waals surface area contributed by atoms with Gasteiger partial charge in [0.2, 0.25) is 5.88 Å². The Labute approximate surface area is 59.9 Å². The minimum absolute atomic E-state index is 0.0833. The zero-order chi connectivity index (χ0) is 6.85. The summed E-state index contributed by atoms with van der Waals surface area (Å²) in [6.45, 7) is 0. The Hall–Kier alpha value is -0.750. The minimum atomic E-state index is -0.0833. The second-order valence-electron chi connectivity index (χ2n) is 1.27. The predicted molar refractivity (Wildman–Crippen MR) is 35.4 cm³/mol. The third-order valence-corrected chi connectivity index (χ3v) is 1.92. The summed E-state index contributed by atoms with van der Waals surface area (Å²) in [4.78, 5) is 0. The van der Waals surface area contributed by atoms with Crippen LogP contribution in [0.1, 0.15) is 0 Å². The van der Waals surface area contributed by atoms with Crippen LogP contribution in [-0.4, -0.2) is 9.78 Å². The zero-order valence-electron chi connectivity index (χ0n) is 4.24. The van der Waals surface area contributed by atoms with E-state index in [2.05, 4.69) is 17.4 Å². The van der Waals surface area contributed by atoms with Gasteiger partial charge in [-0.2, -0.15) is 10.2 Å². The molecule has 0 unspecified atom stereocenters. The van der Waals surface area contributed by atoms with Gasteiger partial charge in [0.1, 0.15) is 0 Å². The fourth-order valence-corrected chi connectivity index (χ4v) is 1.21. The number of nitrogens with one attached hydrogen (secondary N) is 1. The lowest BCUT2D eigenvalue weighted by Gasteiger charge is -1.87. The van der Waals surface area contributed by atoms with Crippen LogP contribution in [0.15, 0.2) is 10.6 Å². The highest BCUT2D eigenvalue weighted by Gasteiger charge is 1.97. The van der Waals surface area contributed by atoms with Crippen LogP contribution in [0, 0.1) is 9.49 Å². The van der Waals surface area contributed by atoms with Gasteiger partial charge in [0.05, 0.1) is 5.38 Å². The molecule has 1 aromatic heterocycles. The lowest BCUT2D eigenvalue weighted by molar-refractivity contribution is 0.422. The molecular weight excluding hydrogens is 158 g/mol. The fourth-order valence-electron chi connectivity index (χ4n) is 0.389. The Balaban J connectivity index is 3.40. The van der Waals surface area contributed by atoms with Crippen molar-refractivity contribution in [1.29, 1.82) is 5.53 Å². The van der Waals surface area contributed by atoms with E-state index in [-0.39, 0.29) is 5.88 Å². The van der Waals surface area contributed by atoms with Crippen LogP contribution >= 0.6 is 23.6 Å². The van der Waals surface area contributed by atoms with Crippen molar-refractivity contribution < 1.29 is 5.11 Å². The van der Waals surface area contributed by atoms with Crippen LogP contribution in [0.5, 0.6) is 5.88 Å². The molecule has 0 aliphatic carbocycles. The lowest BCUT2D eigenvalue weighted by Crippen LogP contribution is -1.81. The SMILES string of the molecule is N=Nn1c(O)csc1=S. The highest BCUT2D eigenvalue weighted by atomic mass is 32.1. The van der Waals surface area contributed by atoms with E-state index in [0.29, 0.717) is 3.95 Å². The highest BCUT2D eigenvalue weighted by molar-refractivity contribution is 7.73. The van der Waals surface area contributed by atoms with Crippen molar-refractivity contribution in [2.24, 2.45) is 5.22 Å². The largest absolute Gasteiger partial charge is 0.493 e. The quantitative estimate of drug-likeness (QED) is 0.487. The van der Waals surface area contributed by atoms with Gasteiger partial charge < -0.3 is 5.11 Å². The Kier molecular flexibility index (Phi) is 1.58. The molecule has 2 N–H and O–H groups in total. The topological polar surface area (TPSA) is 61.4 Å². The van der Waals surface area contributed by atoms with Gasteiger partial charge in [-0.05, 0) is 12.2 Å². The molecule has 0 amide bonds. The van der Waals surface area contributed by atoms with Crippen LogP contribution in [-0.2, 0) is 0 Å². The molecule has 0 aromatic carbocycles. The van der Waals surface area contributed by atoms with Crippen LogP contribution in [0.4, 0.5) is 0 Å². The van der Waals surface area contributed by atoms with Gasteiger partial charge in [-0.3, -0.25) is 0 Å². The van der Waals surface area contributed by atoms with E-state index in [1.54, 1.807) is 0 Å². The van der Waals surface area contributed by atoms with Crippen molar-refractivity contribution in [3.8, 4) is 5.88 Å². The highest BCUT2D eigenvalue weighted by Crippen LogP contribution is 2.15. The van der Waals surface area contributed by atoms with E-state index in [9.17, 15) is 0 Å². The molecule has 0 atom stereocenters. The summed E-state index contributed by atoms with van der Waals surface area (Å²) < 4.78 is 1.35. The van der Waals surface area contributed by atoms with Crippen molar-refractivity contribution in [2.75, 3.05) is 0 Å². The number of thiazole rings is 1. The van der Waals surface area contributed by atoms with Gasteiger partial charge in [0, 0.05) is 0 Å². The molecule has 0 aliphatic heterocycles. The predicted octanol–water partition coefficient (Wildman–Crippen LogP) is 1.78. The summed E-state index contributed by atoms with van der Waals surface area (Å²) >= 11 is 5.85. The molecule has 0 radical (unpaired) electrons. The second kappa shape index (κ2) is 2.24. The normalized spacial score (nSPS) is 9.33. The van der Waals surface area contributed by atoms with Crippen molar-refractivity contribution in [1.82, 2.24) is 4.68 Å². The van der Waals surface area contributed by atoms with Crippen LogP contribution < -0.4 is 0 Å². The molecule has 6 heteroatoms. The number of rotatable bonds is 1. The number of nitrogens with zero attached hydrogens (tertiary/aromatic N) is 2. The first-order valence-corrected chi connectivity index (χ1v) is 3.31. The summed E-state index contributed by atoms with van der Waals surface area (Å²) in [5.41, 5.74) is 6.51. The summed E-state index contributed by atoms with van der Waals surface area (Å²) in [5.74, 6) is -0.0833. The molecule has 0 fully saturated rings. The first-order valence-electron chi connectivity index (χ1n) is 2.03. The first-order chi connectivity index (χ1) is 4.25. The average molecular weight is 161 g/mol. The van der Waals surface area contributed by atoms with Gasteiger partial charge in [0.25, 0.3) is 0 Å². The third kappa shape index (κ3) is 0.984. The Morgan fingerprint density at radius 2 is 2.56 bits per heavy atom. The summed E-state index contributed by atoms with van der Waals surface area (Å²) in [6.07, 6.45) is 0. The minimum Gasteiger partial charge on any atom is -0.493 e. The Morgan fingerprint density at radius 3 is 2.78 bits per heavy atom. The van der Waals surface area contributed by atoms with Gasteiger partial charge in [-0.25, -0.2) is 0 Å². The molecule has 0 saturated heterocycles. The van der Waals surface area contributed by atoms with Crippen LogP contribution in [0.25, 0.3) is 0 Å². The number of aromatic hydroxyl groups is 1. The summed E-state index contributed by atoms with van der Waals surface area (Å²) in [7, 11) is 0. The van der Waals surface area contributed by atoms with E-state index in [0.717, 1.165) is 4.68 Å². The van der Waals surface area contributed by atoms with Crippen molar-refractivity contribution >= 4 is 23.6 Å². The smallest absolute Gasteiger partial charge is 0.225 e. The van der Waals surface area contributed by atoms with Crippen molar-refractivity contribution in [3.63, 3.8) is 0 Å². The maximum atomic E-state index is 8.82. The zero-order valence-corrected chi connectivity index (χ0v) is 5.87. The van der Waals surface area contributed by atoms with Crippen molar-refractivity contribution in [2.45, 2.75) is 0 Å². The average Bonchev–Trinajstić information content (AvgIpc) is 2.12. The van der Waals surface area contributed by atoms with Gasteiger partial charge >= 0.3 is 0 Å². The molecule has 1 heterocycles. The summed E-state index contributed by atoms with van der Waals surface area (Å²) in [6, 6.07) is 0. The molecule has 4 nitrogen and oxygen atoms in total. The molecular formula is C3H3N3OS2. The Bertz CT molecular complexity index is 275. The van der Waals surface area contributed by atoms with Gasteiger partial charge in [-0.1, -0.05) is 5.22 Å². The van der Waals surface area contributed by atoms with Crippen molar-refractivity contribution in [3.05, 3.63) is 9.33 Å². The van der Waals surface area contributed by atoms with Crippen LogP contribution in [0.3, 0.4) is 0 Å². The van der Waals surface area contributed by atoms with Crippen LogP contribution in [0.2, 0.25) is 0 Å². The molecule has 0 spiro atoms. The maximum absolute atomic E-state index is 8.82. The number of hydrogen-bond acceptors (Lipinski definition) is 5. The van der Waals surface area contributed by atoms with E-state index in [4.69, 9.17) is 10.6 Å². The summed E-state index contributed by atoms with van der Waals surface area (Å²) in [5, 5.41) is 13.2. The molecule has 1 aromatic rings. The molecule has 0 saturated carbocycles. The standard InChI is InChI=1S/C3H3N3OS2/c4-5-6-2(7)1-9-3(6)8/h1,4,7H. The molecule has 0 bridgehead atoms. The molecule has 9 heavy (non-hydrogen) atoms. The van der Waals surface area contributed by atoms with E-state index < -0.39 is 0 Å². The molecule has 0 aliphatic rings. The van der Waals surface area contributed by atoms with E-state index in [1.807, 2.05) is 0 Å². The fraction of sp³-hybridized carbons (Fsp3) is 0. The second-order valence-corrected chi connectivity index (χ2v) is 2.77. The number of aromatic nitrogens is 1. The van der Waals surface area contributed by atoms with Gasteiger partial charge in [-0.15, -0.1) is 11.3 Å². The van der Waals surface area contributed by atoms with Gasteiger partial charge in [0.15, 0.2) is 3.95 Å². The third-order valence-electron chi connectivity index (χ3n) is 0.755. The monoisotopic (exact) mass is 161 g/mol. The van der Waals surface area contributed by atoms with E-state index in [1.165, 1.54) is 16.7 Å². The molecule has 48 valence electrons. The lowest BCUT2D eigenvalue weighted by atomic mass is 10.9.